The number of unbranched alkanes of at least 4 members (excludes halogenated alkanes) is 17. The molecule has 19 heteroatoms. The minimum absolute atomic E-state index is 0.0235. The topological polar surface area (TPSA) is 237 Å². The van der Waals surface area contributed by atoms with Gasteiger partial charge in [-0.1, -0.05) is 274 Å². The third kappa shape index (κ3) is 76.4. The van der Waals surface area contributed by atoms with Gasteiger partial charge in [-0.2, -0.15) is 0 Å². The lowest BCUT2D eigenvalue weighted by molar-refractivity contribution is -0.161. The summed E-state index contributed by atoms with van der Waals surface area (Å²) in [6.45, 7) is 4.28. The summed E-state index contributed by atoms with van der Waals surface area (Å²) in [5.41, 5.74) is 0. The zero-order valence-corrected chi connectivity index (χ0v) is 67.3. The van der Waals surface area contributed by atoms with Gasteiger partial charge in [0.1, 0.15) is 19.3 Å². The number of esters is 4. The van der Waals surface area contributed by atoms with Crippen LogP contribution in [0.1, 0.15) is 285 Å². The molecule has 0 saturated carbocycles. The second-order valence-electron chi connectivity index (χ2n) is 25.8. The first kappa shape index (κ1) is 100. The summed E-state index contributed by atoms with van der Waals surface area (Å²) in [6.07, 6.45) is 93.1. The SMILES string of the molecule is CC/C=C\C/C=C\C/C=C\C/C=C\C/C=C\CCCC(=O)OCC(COP(=O)(O)OCC(O)COP(=O)(O)OCC(COC(=O)CCCCCCCCC/C=C\C/C=C\C/C=C\CC)OC(=O)CCCCCCCCC/C=C\C/C=C\C/C=C\CC)OC(=O)CCCC/C=C\C/C=C\C/C=C\C/C=C\CC. The molecule has 5 atom stereocenters. The number of aliphatic hydroxyl groups excluding tert-OH is 1. The van der Waals surface area contributed by atoms with E-state index in [1.54, 1.807) is 0 Å². The predicted molar refractivity (Wildman–Crippen MR) is 436 cm³/mol. The molecule has 0 radical (unpaired) electrons. The highest BCUT2D eigenvalue weighted by Crippen LogP contribution is 2.45. The van der Waals surface area contributed by atoms with E-state index in [1.807, 2.05) is 12.2 Å². The molecule has 0 spiro atoms. The van der Waals surface area contributed by atoms with Crippen molar-refractivity contribution >= 4 is 39.5 Å². The molecule has 600 valence electrons. The Morgan fingerprint density at radius 1 is 0.264 bits per heavy atom. The molecule has 0 aromatic rings. The van der Waals surface area contributed by atoms with Gasteiger partial charge in [0.2, 0.25) is 0 Å². The lowest BCUT2D eigenvalue weighted by atomic mass is 10.1. The average molecular weight is 1520 g/mol. The third-order valence-corrected chi connectivity index (χ3v) is 17.8. The number of rotatable bonds is 73. The molecular formula is C87H140O17P2. The van der Waals surface area contributed by atoms with Gasteiger partial charge < -0.3 is 33.8 Å². The van der Waals surface area contributed by atoms with Crippen LogP contribution in [0.5, 0.6) is 0 Å². The van der Waals surface area contributed by atoms with Crippen LogP contribution in [0.2, 0.25) is 0 Å². The van der Waals surface area contributed by atoms with Crippen molar-refractivity contribution in [2.24, 2.45) is 0 Å². The van der Waals surface area contributed by atoms with E-state index in [0.29, 0.717) is 38.5 Å². The van der Waals surface area contributed by atoms with E-state index in [2.05, 4.69) is 198 Å². The molecule has 0 aliphatic heterocycles. The number of phosphoric ester groups is 2. The normalized spacial score (nSPS) is 14.8. The highest BCUT2D eigenvalue weighted by Gasteiger charge is 2.30. The van der Waals surface area contributed by atoms with E-state index in [0.717, 1.165) is 193 Å². The Balaban J connectivity index is 5.48. The number of carbonyl (C=O) groups excluding carboxylic acids is 4. The van der Waals surface area contributed by atoms with Crippen LogP contribution in [0.25, 0.3) is 0 Å². The van der Waals surface area contributed by atoms with Crippen molar-refractivity contribution < 1.29 is 80.2 Å². The van der Waals surface area contributed by atoms with E-state index in [1.165, 1.54) is 0 Å². The Morgan fingerprint density at radius 3 is 0.764 bits per heavy atom. The second-order valence-corrected chi connectivity index (χ2v) is 28.7. The Hall–Kier alpha value is -5.84. The molecule has 106 heavy (non-hydrogen) atoms. The maximum Gasteiger partial charge on any atom is 0.472 e. The fourth-order valence-electron chi connectivity index (χ4n) is 9.92. The molecule has 0 bridgehead atoms. The van der Waals surface area contributed by atoms with E-state index in [4.69, 9.17) is 37.0 Å². The number of allylic oxidation sites excluding steroid dienone is 30. The smallest absolute Gasteiger partial charge is 0.462 e. The summed E-state index contributed by atoms with van der Waals surface area (Å²) < 4.78 is 68.5. The van der Waals surface area contributed by atoms with Crippen LogP contribution in [0.3, 0.4) is 0 Å². The van der Waals surface area contributed by atoms with Crippen LogP contribution >= 0.6 is 15.6 Å². The third-order valence-electron chi connectivity index (χ3n) is 15.9. The molecular weight excluding hydrogens is 1380 g/mol. The first-order chi connectivity index (χ1) is 51.7. The Labute approximate surface area is 641 Å². The summed E-state index contributed by atoms with van der Waals surface area (Å²) in [5.74, 6) is -2.33. The molecule has 3 N–H and O–H groups in total. The van der Waals surface area contributed by atoms with Crippen LogP contribution in [0, 0.1) is 0 Å². The van der Waals surface area contributed by atoms with Gasteiger partial charge in [0.05, 0.1) is 26.4 Å². The molecule has 5 unspecified atom stereocenters. The lowest BCUT2D eigenvalue weighted by Gasteiger charge is -2.21. The molecule has 0 fully saturated rings. The highest BCUT2D eigenvalue weighted by atomic mass is 31.2. The molecule has 0 aromatic heterocycles. The molecule has 0 aliphatic rings. The molecule has 0 aliphatic carbocycles. The molecule has 0 rings (SSSR count). The maximum atomic E-state index is 13.1. The largest absolute Gasteiger partial charge is 0.472 e. The number of aliphatic hydroxyl groups is 1. The van der Waals surface area contributed by atoms with Gasteiger partial charge in [0.15, 0.2) is 12.2 Å². The van der Waals surface area contributed by atoms with Crippen molar-refractivity contribution in [2.75, 3.05) is 39.6 Å². The van der Waals surface area contributed by atoms with Gasteiger partial charge >= 0.3 is 39.5 Å². The monoisotopic (exact) mass is 1520 g/mol. The van der Waals surface area contributed by atoms with Crippen LogP contribution in [0.15, 0.2) is 182 Å². The van der Waals surface area contributed by atoms with Crippen LogP contribution < -0.4 is 0 Å². The van der Waals surface area contributed by atoms with Gasteiger partial charge in [-0.25, -0.2) is 9.13 Å². The zero-order chi connectivity index (χ0) is 77.4. The quantitative estimate of drug-likeness (QED) is 0.0169. The fourth-order valence-corrected chi connectivity index (χ4v) is 11.5. The van der Waals surface area contributed by atoms with E-state index >= 15 is 0 Å². The minimum atomic E-state index is -5.01. The first-order valence-corrected chi connectivity index (χ1v) is 43.0. The molecule has 17 nitrogen and oxygen atoms in total. The van der Waals surface area contributed by atoms with Gasteiger partial charge in [-0.15, -0.1) is 0 Å². The van der Waals surface area contributed by atoms with Gasteiger partial charge in [-0.3, -0.25) is 37.3 Å². The highest BCUT2D eigenvalue weighted by molar-refractivity contribution is 7.47. The Bertz CT molecular complexity index is 2730. The van der Waals surface area contributed by atoms with E-state index < -0.39 is 97.5 Å². The Kier molecular flexibility index (Phi) is 73.1. The maximum absolute atomic E-state index is 13.1. The summed E-state index contributed by atoms with van der Waals surface area (Å²) in [7, 11) is -10.0. The predicted octanol–water partition coefficient (Wildman–Crippen LogP) is 23.6. The summed E-state index contributed by atoms with van der Waals surface area (Å²) in [5, 5.41) is 10.6. The van der Waals surface area contributed by atoms with Crippen molar-refractivity contribution in [3.05, 3.63) is 182 Å². The lowest BCUT2D eigenvalue weighted by Crippen LogP contribution is -2.30. The number of phosphoric acid groups is 2. The second kappa shape index (κ2) is 77.3. The van der Waals surface area contributed by atoms with Crippen LogP contribution in [-0.2, 0) is 65.4 Å². The molecule has 0 amide bonds. The van der Waals surface area contributed by atoms with Crippen molar-refractivity contribution in [2.45, 2.75) is 303 Å². The standard InChI is InChI=1S/C87H140O17P2/c1-5-9-13-17-21-25-29-33-37-40-44-47-51-55-59-63-67-71-84(89)97-77-82(103-86(91)73-69-65-61-57-53-49-43-36-32-28-24-20-16-12-8-4)79-101-105(93,94)99-75-81(88)76-100-106(95,96)102-80-83(104-87(92)74-70-66-62-58-54-50-46-42-39-35-31-27-23-19-15-11-7-3)78-98-85(90)72-68-64-60-56-52-48-45-41-38-34-30-26-22-18-14-10-6-2/h9-16,21-28,33-39,43-44,47,53,55,57,59,81-83,88H,5-8,17-20,29-32,40-42,45-46,48-52,54,56,58,60-80H2,1-4H3,(H,93,94)(H,95,96)/b13-9-,14-10-,15-11-,16-12-,25-21-,26-22-,27-23-,28-24-,37-33-,38-34-,39-35-,43-36-,47-44-,57-53-,59-55-. The number of carbonyl (C=O) groups is 4. The Morgan fingerprint density at radius 2 is 0.472 bits per heavy atom. The number of ether oxygens (including phenoxy) is 4. The van der Waals surface area contributed by atoms with Crippen molar-refractivity contribution in [3.63, 3.8) is 0 Å². The summed E-state index contributed by atoms with van der Waals surface area (Å²) in [4.78, 5) is 73.1. The van der Waals surface area contributed by atoms with E-state index in [9.17, 15) is 43.2 Å². The minimum Gasteiger partial charge on any atom is -0.462 e. The molecule has 0 saturated heterocycles. The van der Waals surface area contributed by atoms with Crippen LogP contribution in [-0.4, -0.2) is 96.7 Å². The summed E-state index contributed by atoms with van der Waals surface area (Å²) >= 11 is 0. The summed E-state index contributed by atoms with van der Waals surface area (Å²) in [6, 6.07) is 0. The van der Waals surface area contributed by atoms with Crippen molar-refractivity contribution in [3.8, 4) is 0 Å². The van der Waals surface area contributed by atoms with Crippen molar-refractivity contribution in [1.82, 2.24) is 0 Å². The number of hydrogen-bond donors (Lipinski definition) is 3. The van der Waals surface area contributed by atoms with Gasteiger partial charge in [0.25, 0.3) is 0 Å². The molecule has 0 heterocycles. The van der Waals surface area contributed by atoms with Crippen LogP contribution in [0.4, 0.5) is 0 Å². The first-order valence-electron chi connectivity index (χ1n) is 40.0. The van der Waals surface area contributed by atoms with Gasteiger partial charge in [0, 0.05) is 25.7 Å². The average Bonchev–Trinajstić information content (AvgIpc) is 0.901. The number of hydrogen-bond acceptors (Lipinski definition) is 15. The van der Waals surface area contributed by atoms with Gasteiger partial charge in [-0.05, 0) is 167 Å². The van der Waals surface area contributed by atoms with E-state index in [-0.39, 0.29) is 25.7 Å². The van der Waals surface area contributed by atoms with Crippen molar-refractivity contribution in [1.29, 1.82) is 0 Å². The zero-order valence-electron chi connectivity index (χ0n) is 65.5. The molecule has 0 aromatic carbocycles. The fraction of sp³-hybridized carbons (Fsp3) is 0.609.